The van der Waals surface area contributed by atoms with Crippen molar-refractivity contribution < 1.29 is 9.18 Å². The lowest BCUT2D eigenvalue weighted by Gasteiger charge is -2.09. The van der Waals surface area contributed by atoms with Gasteiger partial charge in [-0.1, -0.05) is 42.0 Å². The molecule has 0 aliphatic carbocycles. The summed E-state index contributed by atoms with van der Waals surface area (Å²) in [6, 6.07) is 18.4. The highest BCUT2D eigenvalue weighted by atomic mass is 19.1. The van der Waals surface area contributed by atoms with E-state index in [1.165, 1.54) is 17.7 Å². The van der Waals surface area contributed by atoms with Gasteiger partial charge < -0.3 is 9.88 Å². The molecule has 1 amide bonds. The van der Waals surface area contributed by atoms with Gasteiger partial charge in [-0.05, 0) is 48.7 Å². The Morgan fingerprint density at radius 1 is 1.06 bits per heavy atom. The first-order chi connectivity index (χ1) is 15.1. The van der Waals surface area contributed by atoms with Gasteiger partial charge in [-0.2, -0.15) is 0 Å². The highest BCUT2D eigenvalue weighted by molar-refractivity contribution is 5.76. The number of aryl methyl sites for hydroxylation is 2. The molecule has 2 heterocycles. The van der Waals surface area contributed by atoms with E-state index in [4.69, 9.17) is 4.98 Å². The van der Waals surface area contributed by atoms with Crippen LogP contribution in [-0.4, -0.2) is 20.4 Å². The minimum atomic E-state index is -0.255. The molecular weight excluding hydrogens is 391 g/mol. The molecule has 158 valence electrons. The summed E-state index contributed by atoms with van der Waals surface area (Å²) in [4.78, 5) is 21.5. The van der Waals surface area contributed by atoms with Crippen molar-refractivity contribution in [3.63, 3.8) is 0 Å². The molecule has 1 N–H and O–H groups in total. The monoisotopic (exact) mass is 416 g/mol. The average Bonchev–Trinajstić information content (AvgIpc) is 3.11. The quantitative estimate of drug-likeness (QED) is 0.458. The molecule has 0 fully saturated rings. The van der Waals surface area contributed by atoms with Crippen LogP contribution in [0.3, 0.4) is 0 Å². The second-order valence-electron chi connectivity index (χ2n) is 7.71. The standard InChI is InChI=1S/C25H25FN4O/c1-18-5-2-6-20(15-18)16-28-24(31)9-3-8-23-29-22-7-4-14-27-25(22)30(23)17-19-10-12-21(26)13-11-19/h2,4-7,10-15H,3,8-9,16-17H2,1H3,(H,28,31). The van der Waals surface area contributed by atoms with Crippen LogP contribution in [0, 0.1) is 12.7 Å². The van der Waals surface area contributed by atoms with Crippen LogP contribution in [-0.2, 0) is 24.3 Å². The Kier molecular flexibility index (Phi) is 6.36. The van der Waals surface area contributed by atoms with Gasteiger partial charge in [0, 0.05) is 25.6 Å². The van der Waals surface area contributed by atoms with Crippen molar-refractivity contribution in [2.45, 2.75) is 39.3 Å². The van der Waals surface area contributed by atoms with Crippen molar-refractivity contribution in [2.75, 3.05) is 0 Å². The van der Waals surface area contributed by atoms with Gasteiger partial charge in [0.15, 0.2) is 5.65 Å². The normalized spacial score (nSPS) is 11.0. The maximum atomic E-state index is 13.3. The van der Waals surface area contributed by atoms with Gasteiger partial charge in [-0.3, -0.25) is 4.79 Å². The summed E-state index contributed by atoms with van der Waals surface area (Å²) in [6.07, 6.45) is 3.52. The Hall–Kier alpha value is -3.54. The number of nitrogens with one attached hydrogen (secondary N) is 1. The Morgan fingerprint density at radius 3 is 2.71 bits per heavy atom. The van der Waals surface area contributed by atoms with E-state index in [1.54, 1.807) is 18.3 Å². The molecule has 2 aromatic carbocycles. The van der Waals surface area contributed by atoms with Crippen LogP contribution in [0.25, 0.3) is 11.2 Å². The number of fused-ring (bicyclic) bond motifs is 1. The fraction of sp³-hybridized carbons (Fsp3) is 0.240. The third kappa shape index (κ3) is 5.34. The van der Waals surface area contributed by atoms with Crippen LogP contribution in [0.4, 0.5) is 4.39 Å². The second-order valence-corrected chi connectivity index (χ2v) is 7.71. The smallest absolute Gasteiger partial charge is 0.220 e. The van der Waals surface area contributed by atoms with Crippen molar-refractivity contribution in [3.05, 3.63) is 95.2 Å². The number of benzene rings is 2. The van der Waals surface area contributed by atoms with Crippen molar-refractivity contribution >= 4 is 17.1 Å². The fourth-order valence-electron chi connectivity index (χ4n) is 3.65. The molecule has 0 unspecified atom stereocenters. The van der Waals surface area contributed by atoms with Gasteiger partial charge in [0.2, 0.25) is 5.91 Å². The molecule has 0 atom stereocenters. The van der Waals surface area contributed by atoms with Gasteiger partial charge >= 0.3 is 0 Å². The molecule has 0 radical (unpaired) electrons. The minimum Gasteiger partial charge on any atom is -0.352 e. The molecule has 0 saturated carbocycles. The van der Waals surface area contributed by atoms with Gasteiger partial charge in [0.1, 0.15) is 17.2 Å². The SMILES string of the molecule is Cc1cccc(CNC(=O)CCCc2nc3cccnc3n2Cc2ccc(F)cc2)c1. The van der Waals surface area contributed by atoms with Crippen LogP contribution in [0.5, 0.6) is 0 Å². The van der Waals surface area contributed by atoms with E-state index < -0.39 is 0 Å². The Balaban J connectivity index is 1.39. The predicted molar refractivity (Wildman–Crippen MR) is 119 cm³/mol. The molecule has 0 aliphatic heterocycles. The zero-order chi connectivity index (χ0) is 21.6. The van der Waals surface area contributed by atoms with Crippen LogP contribution in [0.15, 0.2) is 66.9 Å². The lowest BCUT2D eigenvalue weighted by atomic mass is 10.1. The summed E-state index contributed by atoms with van der Waals surface area (Å²) in [7, 11) is 0. The van der Waals surface area contributed by atoms with E-state index in [0.29, 0.717) is 32.4 Å². The molecule has 2 aromatic heterocycles. The third-order valence-corrected chi connectivity index (χ3v) is 5.21. The van der Waals surface area contributed by atoms with Crippen molar-refractivity contribution in [1.29, 1.82) is 0 Å². The fourth-order valence-corrected chi connectivity index (χ4v) is 3.65. The molecule has 6 heteroatoms. The molecular formula is C25H25FN4O. The van der Waals surface area contributed by atoms with Gasteiger partial charge in [0.05, 0.1) is 6.54 Å². The largest absolute Gasteiger partial charge is 0.352 e. The highest BCUT2D eigenvalue weighted by Crippen LogP contribution is 2.18. The number of imidazole rings is 1. The zero-order valence-electron chi connectivity index (χ0n) is 17.5. The highest BCUT2D eigenvalue weighted by Gasteiger charge is 2.13. The number of hydrogen-bond donors (Lipinski definition) is 1. The summed E-state index contributed by atoms with van der Waals surface area (Å²) in [5, 5.41) is 2.98. The number of rotatable bonds is 8. The van der Waals surface area contributed by atoms with Gasteiger partial charge in [-0.25, -0.2) is 14.4 Å². The molecule has 0 spiro atoms. The maximum absolute atomic E-state index is 13.3. The number of carbonyl (C=O) groups is 1. The van der Waals surface area contributed by atoms with E-state index >= 15 is 0 Å². The van der Waals surface area contributed by atoms with Crippen LogP contribution in [0.1, 0.15) is 35.4 Å². The molecule has 5 nitrogen and oxygen atoms in total. The zero-order valence-corrected chi connectivity index (χ0v) is 17.5. The number of hydrogen-bond acceptors (Lipinski definition) is 3. The number of aromatic nitrogens is 3. The molecule has 0 aliphatic rings. The number of nitrogens with zero attached hydrogens (tertiary/aromatic N) is 3. The number of halogens is 1. The van der Waals surface area contributed by atoms with E-state index in [-0.39, 0.29) is 11.7 Å². The first-order valence-corrected chi connectivity index (χ1v) is 10.5. The Labute approximate surface area is 181 Å². The summed E-state index contributed by atoms with van der Waals surface area (Å²) < 4.78 is 15.3. The lowest BCUT2D eigenvalue weighted by molar-refractivity contribution is -0.121. The third-order valence-electron chi connectivity index (χ3n) is 5.21. The maximum Gasteiger partial charge on any atom is 0.220 e. The number of pyridine rings is 1. The minimum absolute atomic E-state index is 0.0285. The number of carbonyl (C=O) groups excluding carboxylic acids is 1. The summed E-state index contributed by atoms with van der Waals surface area (Å²) in [5.74, 6) is 0.652. The summed E-state index contributed by atoms with van der Waals surface area (Å²) in [6.45, 7) is 3.13. The number of amides is 1. The Morgan fingerprint density at radius 2 is 1.90 bits per heavy atom. The molecule has 0 bridgehead atoms. The molecule has 4 aromatic rings. The van der Waals surface area contributed by atoms with Gasteiger partial charge in [-0.15, -0.1) is 0 Å². The topological polar surface area (TPSA) is 59.8 Å². The average molecular weight is 417 g/mol. The first kappa shape index (κ1) is 20.7. The summed E-state index contributed by atoms with van der Waals surface area (Å²) >= 11 is 0. The van der Waals surface area contributed by atoms with Crippen molar-refractivity contribution in [3.8, 4) is 0 Å². The van der Waals surface area contributed by atoms with E-state index in [9.17, 15) is 9.18 Å². The van der Waals surface area contributed by atoms with E-state index in [1.807, 2.05) is 41.8 Å². The van der Waals surface area contributed by atoms with Gasteiger partial charge in [0.25, 0.3) is 0 Å². The van der Waals surface area contributed by atoms with Crippen LogP contribution >= 0.6 is 0 Å². The molecule has 4 rings (SSSR count). The van der Waals surface area contributed by atoms with Crippen LogP contribution in [0.2, 0.25) is 0 Å². The summed E-state index contributed by atoms with van der Waals surface area (Å²) in [5.41, 5.74) is 4.87. The second kappa shape index (κ2) is 9.51. The van der Waals surface area contributed by atoms with E-state index in [2.05, 4.69) is 16.4 Å². The molecule has 0 saturated heterocycles. The van der Waals surface area contributed by atoms with Crippen molar-refractivity contribution in [2.24, 2.45) is 0 Å². The Bertz CT molecular complexity index is 1180. The molecule has 31 heavy (non-hydrogen) atoms. The van der Waals surface area contributed by atoms with Crippen molar-refractivity contribution in [1.82, 2.24) is 19.9 Å². The van der Waals surface area contributed by atoms with Crippen LogP contribution < -0.4 is 5.32 Å². The first-order valence-electron chi connectivity index (χ1n) is 10.5. The predicted octanol–water partition coefficient (Wildman–Crippen LogP) is 4.57. The lowest BCUT2D eigenvalue weighted by Crippen LogP contribution is -2.22. The van der Waals surface area contributed by atoms with E-state index in [0.717, 1.165) is 28.1 Å².